The Balaban J connectivity index is 2.18. The van der Waals surface area contributed by atoms with Crippen LogP contribution in [0, 0.1) is 23.0 Å². The number of hydrogen-bond donors (Lipinski definition) is 0. The molecule has 0 unspecified atom stereocenters. The lowest BCUT2D eigenvalue weighted by Gasteiger charge is -2.36. The van der Waals surface area contributed by atoms with Crippen molar-refractivity contribution in [2.45, 2.75) is 77.1 Å². The SMILES string of the molecule is CC1(C)O[C@@H](COc2cc(F)cc(F)c2C#N)[C@@H](C(C)(C)O[SiH2]C(C)(C)C)O1. The summed E-state index contributed by atoms with van der Waals surface area (Å²) < 4.78 is 51.2. The second kappa shape index (κ2) is 8.07. The molecule has 0 saturated carbocycles. The van der Waals surface area contributed by atoms with Crippen LogP contribution in [0.3, 0.4) is 0 Å². The summed E-state index contributed by atoms with van der Waals surface area (Å²) in [6, 6.07) is 3.35. The van der Waals surface area contributed by atoms with Crippen LogP contribution >= 0.6 is 0 Å². The minimum absolute atomic E-state index is 0.0322. The fraction of sp³-hybridized carbons (Fsp3) is 0.650. The Morgan fingerprint density at radius 3 is 2.39 bits per heavy atom. The van der Waals surface area contributed by atoms with Crippen molar-refractivity contribution in [2.24, 2.45) is 0 Å². The van der Waals surface area contributed by atoms with E-state index >= 15 is 0 Å². The first-order valence-corrected chi connectivity index (χ1v) is 10.5. The summed E-state index contributed by atoms with van der Waals surface area (Å²) in [7, 11) is -0.851. The maximum atomic E-state index is 13.8. The lowest BCUT2D eigenvalue weighted by Crippen LogP contribution is -2.48. The van der Waals surface area contributed by atoms with Gasteiger partial charge in [0, 0.05) is 12.1 Å². The standard InChI is InChI=1S/C20H29F2NO4Si/c1-18(2,3)28-27-19(4,5)17-16(25-20(6,7)26-17)11-24-15-9-12(21)8-14(22)13(15)10-23/h8-9,16-17H,11,28H2,1-7H3/t16-,17-/m0/s1. The Kier molecular flexibility index (Phi) is 6.56. The van der Waals surface area contributed by atoms with E-state index in [1.165, 1.54) is 0 Å². The molecule has 0 bridgehead atoms. The predicted molar refractivity (Wildman–Crippen MR) is 104 cm³/mol. The average Bonchev–Trinajstić information content (AvgIpc) is 2.86. The Morgan fingerprint density at radius 2 is 1.82 bits per heavy atom. The van der Waals surface area contributed by atoms with Gasteiger partial charge >= 0.3 is 0 Å². The van der Waals surface area contributed by atoms with E-state index in [9.17, 15) is 8.78 Å². The van der Waals surface area contributed by atoms with E-state index in [0.717, 1.165) is 6.07 Å². The molecule has 1 aromatic rings. The van der Waals surface area contributed by atoms with E-state index < -0.39 is 45.0 Å². The molecule has 1 aliphatic rings. The number of benzene rings is 1. The van der Waals surface area contributed by atoms with E-state index in [4.69, 9.17) is 23.9 Å². The van der Waals surface area contributed by atoms with Crippen LogP contribution in [0.25, 0.3) is 0 Å². The van der Waals surface area contributed by atoms with Gasteiger partial charge in [0.2, 0.25) is 0 Å². The van der Waals surface area contributed by atoms with E-state index in [1.807, 2.05) is 13.8 Å². The number of ether oxygens (including phenoxy) is 3. The molecular weight excluding hydrogens is 384 g/mol. The third-order valence-corrected chi connectivity index (χ3v) is 6.03. The van der Waals surface area contributed by atoms with Gasteiger partial charge in [-0.05, 0) is 32.7 Å². The zero-order chi connectivity index (χ0) is 21.3. The summed E-state index contributed by atoms with van der Waals surface area (Å²) in [6.07, 6.45) is -0.974. The molecule has 0 radical (unpaired) electrons. The first-order valence-electron chi connectivity index (χ1n) is 9.26. The molecule has 5 nitrogen and oxygen atoms in total. The van der Waals surface area contributed by atoms with Crippen LogP contribution < -0.4 is 4.74 Å². The monoisotopic (exact) mass is 413 g/mol. The van der Waals surface area contributed by atoms with Crippen molar-refractivity contribution in [1.82, 2.24) is 0 Å². The summed E-state index contributed by atoms with van der Waals surface area (Å²) in [6.45, 7) is 13.8. The summed E-state index contributed by atoms with van der Waals surface area (Å²) in [4.78, 5) is 0. The van der Waals surface area contributed by atoms with Crippen LogP contribution in [-0.2, 0) is 13.9 Å². The van der Waals surface area contributed by atoms with Crippen molar-refractivity contribution in [3.05, 3.63) is 29.3 Å². The van der Waals surface area contributed by atoms with Gasteiger partial charge < -0.3 is 18.6 Å². The van der Waals surface area contributed by atoms with Crippen LogP contribution in [0.1, 0.15) is 54.0 Å². The summed E-state index contributed by atoms with van der Waals surface area (Å²) in [5, 5.41) is 9.24. The average molecular weight is 414 g/mol. The molecule has 0 aliphatic carbocycles. The molecule has 2 atom stereocenters. The number of rotatable bonds is 6. The minimum atomic E-state index is -0.960. The maximum Gasteiger partial charge on any atom is 0.167 e. The van der Waals surface area contributed by atoms with E-state index in [0.29, 0.717) is 6.07 Å². The van der Waals surface area contributed by atoms with Gasteiger partial charge in [0.15, 0.2) is 15.6 Å². The van der Waals surface area contributed by atoms with Crippen molar-refractivity contribution in [2.75, 3.05) is 6.61 Å². The van der Waals surface area contributed by atoms with Crippen molar-refractivity contribution in [3.8, 4) is 11.8 Å². The zero-order valence-corrected chi connectivity index (χ0v) is 19.0. The normalized spacial score (nSPS) is 22.6. The Bertz CT molecular complexity index is 756. The van der Waals surface area contributed by atoms with Crippen molar-refractivity contribution in [3.63, 3.8) is 0 Å². The maximum absolute atomic E-state index is 13.8. The van der Waals surface area contributed by atoms with Crippen LogP contribution in [-0.4, -0.2) is 40.0 Å². The van der Waals surface area contributed by atoms with Crippen molar-refractivity contribution < 1.29 is 27.4 Å². The highest BCUT2D eigenvalue weighted by atomic mass is 28.2. The first-order chi connectivity index (χ1) is 12.7. The van der Waals surface area contributed by atoms with E-state index in [1.54, 1.807) is 19.9 Å². The number of halogens is 2. The highest BCUT2D eigenvalue weighted by Crippen LogP contribution is 2.37. The summed E-state index contributed by atoms with van der Waals surface area (Å²) in [5.41, 5.74) is -0.973. The third kappa shape index (κ3) is 5.74. The first kappa shape index (κ1) is 22.8. The molecule has 1 aliphatic heterocycles. The number of nitrogens with zero attached hydrogens (tertiary/aromatic N) is 1. The second-order valence-electron chi connectivity index (χ2n) is 9.23. The molecule has 8 heteroatoms. The zero-order valence-electron chi connectivity index (χ0n) is 17.6. The van der Waals surface area contributed by atoms with Crippen LogP contribution in [0.4, 0.5) is 8.78 Å². The third-order valence-electron chi connectivity index (χ3n) is 4.28. The molecule has 0 aromatic heterocycles. The van der Waals surface area contributed by atoms with Gasteiger partial charge in [0.25, 0.3) is 0 Å². The van der Waals surface area contributed by atoms with Gasteiger partial charge in [-0.2, -0.15) is 5.26 Å². The molecule has 1 aromatic carbocycles. The Labute approximate surface area is 167 Å². The van der Waals surface area contributed by atoms with Crippen molar-refractivity contribution in [1.29, 1.82) is 5.26 Å². The van der Waals surface area contributed by atoms with Gasteiger partial charge in [-0.3, -0.25) is 0 Å². The molecule has 28 heavy (non-hydrogen) atoms. The topological polar surface area (TPSA) is 60.7 Å². The van der Waals surface area contributed by atoms with E-state index in [2.05, 4.69) is 20.8 Å². The minimum Gasteiger partial charge on any atom is -0.489 e. The predicted octanol–water partition coefficient (Wildman–Crippen LogP) is 3.83. The molecular formula is C20H29F2NO4Si. The lowest BCUT2D eigenvalue weighted by atomic mass is 9.97. The molecule has 0 N–H and O–H groups in total. The van der Waals surface area contributed by atoms with Crippen LogP contribution in [0.15, 0.2) is 12.1 Å². The van der Waals surface area contributed by atoms with Crippen LogP contribution in [0.5, 0.6) is 5.75 Å². The largest absolute Gasteiger partial charge is 0.489 e. The smallest absolute Gasteiger partial charge is 0.167 e. The fourth-order valence-electron chi connectivity index (χ4n) is 2.98. The molecule has 2 rings (SSSR count). The van der Waals surface area contributed by atoms with Gasteiger partial charge in [0.1, 0.15) is 47.8 Å². The van der Waals surface area contributed by atoms with E-state index in [-0.39, 0.29) is 23.0 Å². The number of hydrogen-bond acceptors (Lipinski definition) is 5. The highest BCUT2D eigenvalue weighted by molar-refractivity contribution is 6.31. The molecule has 0 spiro atoms. The molecule has 0 amide bonds. The Hall–Kier alpha value is -1.53. The fourth-order valence-corrected chi connectivity index (χ4v) is 3.94. The Morgan fingerprint density at radius 1 is 1.18 bits per heavy atom. The van der Waals surface area contributed by atoms with Crippen LogP contribution in [0.2, 0.25) is 5.04 Å². The molecule has 156 valence electrons. The molecule has 1 fully saturated rings. The van der Waals surface area contributed by atoms with Crippen molar-refractivity contribution >= 4 is 9.76 Å². The van der Waals surface area contributed by atoms with Gasteiger partial charge in [-0.15, -0.1) is 0 Å². The summed E-state index contributed by atoms with van der Waals surface area (Å²) >= 11 is 0. The highest BCUT2D eigenvalue weighted by Gasteiger charge is 2.49. The van der Waals surface area contributed by atoms with Gasteiger partial charge in [-0.25, -0.2) is 8.78 Å². The second-order valence-corrected chi connectivity index (χ2v) is 11.9. The van der Waals surface area contributed by atoms with Gasteiger partial charge in [0.05, 0.1) is 5.60 Å². The lowest BCUT2D eigenvalue weighted by molar-refractivity contribution is -0.162. The quantitative estimate of drug-likeness (QED) is 0.664. The molecule has 1 heterocycles. The number of nitriles is 1. The summed E-state index contributed by atoms with van der Waals surface area (Å²) in [5.74, 6) is -2.78. The van der Waals surface area contributed by atoms with Gasteiger partial charge in [-0.1, -0.05) is 20.8 Å². The molecule has 1 saturated heterocycles.